The number of allylic oxidation sites excluding steroid dienone is 2. The topological polar surface area (TPSA) is 38.8 Å². The number of benzene rings is 2. The Morgan fingerprint density at radius 2 is 1.88 bits per heavy atom. The number of nitrogens with zero attached hydrogens (tertiary/aromatic N) is 1. The number of methoxy groups -OCH3 is 2. The molecule has 0 spiro atoms. The minimum Gasteiger partial charge on any atom is -0.496 e. The van der Waals surface area contributed by atoms with Gasteiger partial charge in [-0.05, 0) is 19.9 Å². The van der Waals surface area contributed by atoms with Crippen LogP contribution >= 0.6 is 11.8 Å². The third kappa shape index (κ3) is 2.84. The average molecular weight is 343 g/mol. The number of hydrogen-bond acceptors (Lipinski definition) is 5. The predicted octanol–water partition coefficient (Wildman–Crippen LogP) is 4.30. The van der Waals surface area contributed by atoms with E-state index in [1.807, 2.05) is 24.3 Å². The summed E-state index contributed by atoms with van der Waals surface area (Å²) in [4.78, 5) is 16.3. The van der Waals surface area contributed by atoms with E-state index in [1.165, 1.54) is 10.6 Å². The molecule has 5 heteroatoms. The Morgan fingerprint density at radius 1 is 1.17 bits per heavy atom. The molecular formula is C19H21NO3S. The summed E-state index contributed by atoms with van der Waals surface area (Å²) in [6.07, 6.45) is 0. The molecule has 0 saturated heterocycles. The maximum absolute atomic E-state index is 12.9. The van der Waals surface area contributed by atoms with Crippen LogP contribution in [0.25, 0.3) is 10.8 Å². The number of fused-ring (bicyclic) bond motifs is 1. The summed E-state index contributed by atoms with van der Waals surface area (Å²) in [5, 5.41) is 1.83. The molecule has 0 saturated carbocycles. The summed E-state index contributed by atoms with van der Waals surface area (Å²) in [7, 11) is 3.22. The molecule has 1 aliphatic heterocycles. The van der Waals surface area contributed by atoms with E-state index in [1.54, 1.807) is 32.0 Å². The van der Waals surface area contributed by atoms with Gasteiger partial charge in [0.2, 0.25) is 0 Å². The van der Waals surface area contributed by atoms with Crippen molar-refractivity contribution >= 4 is 28.3 Å². The molecule has 0 aromatic heterocycles. The van der Waals surface area contributed by atoms with Gasteiger partial charge in [0.25, 0.3) is 0 Å². The molecule has 1 aliphatic rings. The van der Waals surface area contributed by atoms with Gasteiger partial charge in [-0.1, -0.05) is 24.3 Å². The van der Waals surface area contributed by atoms with Gasteiger partial charge in [-0.15, -0.1) is 11.8 Å². The van der Waals surface area contributed by atoms with E-state index in [2.05, 4.69) is 18.7 Å². The lowest BCUT2D eigenvalue weighted by molar-refractivity contribution is 0.0955. The first-order chi connectivity index (χ1) is 11.6. The van der Waals surface area contributed by atoms with Crippen LogP contribution in [0.2, 0.25) is 0 Å². The number of hydrogen-bond donors (Lipinski definition) is 0. The molecule has 0 N–H and O–H groups in total. The summed E-state index contributed by atoms with van der Waals surface area (Å²) in [6.45, 7) is 4.49. The van der Waals surface area contributed by atoms with Crippen LogP contribution in [0.1, 0.15) is 24.2 Å². The van der Waals surface area contributed by atoms with Crippen LogP contribution in [0.5, 0.6) is 11.5 Å². The highest BCUT2D eigenvalue weighted by molar-refractivity contribution is 8.03. The van der Waals surface area contributed by atoms with Crippen molar-refractivity contribution in [2.75, 3.05) is 26.6 Å². The monoisotopic (exact) mass is 343 g/mol. The summed E-state index contributed by atoms with van der Waals surface area (Å²) in [5.74, 6) is 2.15. The largest absolute Gasteiger partial charge is 0.496 e. The highest BCUT2D eigenvalue weighted by atomic mass is 32.2. The minimum absolute atomic E-state index is 0.0329. The van der Waals surface area contributed by atoms with Crippen molar-refractivity contribution in [1.82, 2.24) is 4.90 Å². The van der Waals surface area contributed by atoms with E-state index in [9.17, 15) is 4.79 Å². The van der Waals surface area contributed by atoms with E-state index >= 15 is 0 Å². The lowest BCUT2D eigenvalue weighted by atomic mass is 10.0. The van der Waals surface area contributed by atoms with Crippen LogP contribution < -0.4 is 9.47 Å². The first-order valence-electron chi connectivity index (χ1n) is 7.79. The standard InChI is InChI=1S/C19H21NO3S/c1-12-13(2)24-11-20(12)10-17(21)16-9-18(22-3)14-7-5-6-8-15(14)19(16)23-4/h5-9H,10-11H2,1-4H3. The lowest BCUT2D eigenvalue weighted by Gasteiger charge is -2.20. The number of thioether (sulfide) groups is 1. The summed E-state index contributed by atoms with van der Waals surface area (Å²) >= 11 is 1.77. The third-order valence-electron chi connectivity index (χ3n) is 4.44. The SMILES string of the molecule is COc1cc(C(=O)CN2CSC(C)=C2C)c(OC)c2ccccc12. The second-order valence-electron chi connectivity index (χ2n) is 5.74. The Labute approximate surface area is 146 Å². The number of rotatable bonds is 5. The lowest BCUT2D eigenvalue weighted by Crippen LogP contribution is -2.26. The Balaban J connectivity index is 2.04. The van der Waals surface area contributed by atoms with Crippen molar-refractivity contribution < 1.29 is 14.3 Å². The van der Waals surface area contributed by atoms with Crippen LogP contribution in [0.4, 0.5) is 0 Å². The summed E-state index contributed by atoms with van der Waals surface area (Å²) in [6, 6.07) is 9.60. The minimum atomic E-state index is 0.0329. The van der Waals surface area contributed by atoms with Gasteiger partial charge in [-0.3, -0.25) is 4.79 Å². The molecule has 2 aromatic rings. The van der Waals surface area contributed by atoms with Gasteiger partial charge in [0, 0.05) is 21.4 Å². The molecule has 126 valence electrons. The third-order valence-corrected chi connectivity index (χ3v) is 5.61. The number of ether oxygens (including phenoxy) is 2. The molecule has 0 unspecified atom stereocenters. The van der Waals surface area contributed by atoms with Gasteiger partial charge in [0.15, 0.2) is 5.78 Å². The fraction of sp³-hybridized carbons (Fsp3) is 0.316. The van der Waals surface area contributed by atoms with Crippen LogP contribution in [-0.2, 0) is 0 Å². The van der Waals surface area contributed by atoms with Crippen molar-refractivity contribution in [3.8, 4) is 11.5 Å². The fourth-order valence-electron chi connectivity index (χ4n) is 2.93. The zero-order valence-electron chi connectivity index (χ0n) is 14.4. The average Bonchev–Trinajstić information content (AvgIpc) is 2.92. The quantitative estimate of drug-likeness (QED) is 0.757. The maximum Gasteiger partial charge on any atom is 0.185 e. The molecule has 0 radical (unpaired) electrons. The summed E-state index contributed by atoms with van der Waals surface area (Å²) in [5.41, 5.74) is 1.73. The van der Waals surface area contributed by atoms with Gasteiger partial charge >= 0.3 is 0 Å². The first kappa shape index (κ1) is 16.7. The van der Waals surface area contributed by atoms with Crippen LogP contribution in [0, 0.1) is 0 Å². The van der Waals surface area contributed by atoms with Gasteiger partial charge in [-0.2, -0.15) is 0 Å². The molecule has 1 heterocycles. The second-order valence-corrected chi connectivity index (χ2v) is 6.90. The zero-order chi connectivity index (χ0) is 17.3. The molecule has 4 nitrogen and oxygen atoms in total. The molecule has 0 fully saturated rings. The number of Topliss-reactive ketones (excluding diaryl/α,β-unsaturated/α-hetero) is 1. The summed E-state index contributed by atoms with van der Waals surface area (Å²) < 4.78 is 11.1. The zero-order valence-corrected chi connectivity index (χ0v) is 15.2. The van der Waals surface area contributed by atoms with Crippen LogP contribution in [0.3, 0.4) is 0 Å². The number of ketones is 1. The number of carbonyl (C=O) groups is 1. The van der Waals surface area contributed by atoms with E-state index in [-0.39, 0.29) is 5.78 Å². The molecule has 24 heavy (non-hydrogen) atoms. The van der Waals surface area contributed by atoms with Gasteiger partial charge in [-0.25, -0.2) is 0 Å². The Hall–Kier alpha value is -2.14. The highest BCUT2D eigenvalue weighted by Crippen LogP contribution is 2.37. The van der Waals surface area contributed by atoms with Crippen molar-refractivity contribution in [3.63, 3.8) is 0 Å². The van der Waals surface area contributed by atoms with Gasteiger partial charge in [0.05, 0.1) is 32.2 Å². The molecule has 2 aromatic carbocycles. The van der Waals surface area contributed by atoms with Crippen LogP contribution in [-0.4, -0.2) is 37.3 Å². The van der Waals surface area contributed by atoms with Crippen molar-refractivity contribution in [1.29, 1.82) is 0 Å². The highest BCUT2D eigenvalue weighted by Gasteiger charge is 2.23. The van der Waals surface area contributed by atoms with Gasteiger partial charge < -0.3 is 14.4 Å². The molecule has 0 amide bonds. The Bertz CT molecular complexity index is 829. The molecule has 0 aliphatic carbocycles. The second kappa shape index (κ2) is 6.77. The predicted molar refractivity (Wildman–Crippen MR) is 98.9 cm³/mol. The van der Waals surface area contributed by atoms with Gasteiger partial charge in [0.1, 0.15) is 11.5 Å². The number of carbonyl (C=O) groups excluding carboxylic acids is 1. The van der Waals surface area contributed by atoms with Crippen LogP contribution in [0.15, 0.2) is 40.9 Å². The molecule has 0 atom stereocenters. The van der Waals surface area contributed by atoms with E-state index in [0.29, 0.717) is 23.6 Å². The Kier molecular flexibility index (Phi) is 4.71. The molecular weight excluding hydrogens is 322 g/mol. The van der Waals surface area contributed by atoms with Crippen molar-refractivity contribution in [3.05, 3.63) is 46.5 Å². The van der Waals surface area contributed by atoms with E-state index < -0.39 is 0 Å². The fourth-order valence-corrected chi connectivity index (χ4v) is 3.91. The smallest absolute Gasteiger partial charge is 0.185 e. The molecule has 0 bridgehead atoms. The first-order valence-corrected chi connectivity index (χ1v) is 8.77. The van der Waals surface area contributed by atoms with Crippen molar-refractivity contribution in [2.24, 2.45) is 0 Å². The van der Waals surface area contributed by atoms with E-state index in [4.69, 9.17) is 9.47 Å². The van der Waals surface area contributed by atoms with E-state index in [0.717, 1.165) is 16.6 Å². The molecule has 3 rings (SSSR count). The maximum atomic E-state index is 12.9. The van der Waals surface area contributed by atoms with Crippen molar-refractivity contribution in [2.45, 2.75) is 13.8 Å². The normalized spacial score (nSPS) is 14.4. The Morgan fingerprint density at radius 3 is 2.46 bits per heavy atom.